The van der Waals surface area contributed by atoms with E-state index in [2.05, 4.69) is 15.3 Å². The number of carbonyl (C=O) groups excluding carboxylic acids is 2. The van der Waals surface area contributed by atoms with Crippen LogP contribution < -0.4 is 11.1 Å². The van der Waals surface area contributed by atoms with Gasteiger partial charge in [0.1, 0.15) is 12.1 Å². The van der Waals surface area contributed by atoms with Gasteiger partial charge < -0.3 is 20.7 Å². The van der Waals surface area contributed by atoms with E-state index in [1.54, 1.807) is 29.2 Å². The van der Waals surface area contributed by atoms with Crippen molar-refractivity contribution in [1.29, 1.82) is 0 Å². The van der Waals surface area contributed by atoms with Crippen molar-refractivity contribution in [2.75, 3.05) is 32.0 Å². The molecule has 0 aliphatic carbocycles. The normalized spacial score (nSPS) is 14.1. The van der Waals surface area contributed by atoms with Crippen molar-refractivity contribution in [3.63, 3.8) is 0 Å². The molecule has 0 saturated carbocycles. The minimum Gasteiger partial charge on any atom is -0.449 e. The SMILES string of the molecule is Nc1cc(-c2cccc(C(=O)NCCN3CCCOC3=O)c2)ncn1. The Morgan fingerprint density at radius 3 is 3.00 bits per heavy atom. The number of aromatic nitrogens is 2. The van der Waals surface area contributed by atoms with Gasteiger partial charge in [-0.3, -0.25) is 4.79 Å². The molecule has 25 heavy (non-hydrogen) atoms. The molecule has 1 aliphatic rings. The second-order valence-corrected chi connectivity index (χ2v) is 5.62. The van der Waals surface area contributed by atoms with Crippen LogP contribution in [-0.4, -0.2) is 53.1 Å². The highest BCUT2D eigenvalue weighted by Crippen LogP contribution is 2.19. The Morgan fingerprint density at radius 2 is 2.20 bits per heavy atom. The number of amides is 2. The minimum atomic E-state index is -0.330. The second-order valence-electron chi connectivity index (χ2n) is 5.62. The Bertz CT molecular complexity index is 780. The van der Waals surface area contributed by atoms with Gasteiger partial charge in [-0.15, -0.1) is 0 Å². The van der Waals surface area contributed by atoms with E-state index < -0.39 is 0 Å². The smallest absolute Gasteiger partial charge is 0.409 e. The van der Waals surface area contributed by atoms with E-state index in [1.807, 2.05) is 6.07 Å². The molecule has 0 spiro atoms. The fourth-order valence-electron chi connectivity index (χ4n) is 2.56. The van der Waals surface area contributed by atoms with Crippen LogP contribution in [-0.2, 0) is 4.74 Å². The molecule has 1 aromatic carbocycles. The number of anilines is 1. The van der Waals surface area contributed by atoms with Crippen LogP contribution in [0.5, 0.6) is 0 Å². The average molecular weight is 341 g/mol. The fraction of sp³-hybridized carbons (Fsp3) is 0.294. The first-order valence-electron chi connectivity index (χ1n) is 8.01. The highest BCUT2D eigenvalue weighted by molar-refractivity contribution is 5.95. The molecule has 1 aromatic heterocycles. The summed E-state index contributed by atoms with van der Waals surface area (Å²) in [7, 11) is 0. The van der Waals surface area contributed by atoms with E-state index in [0.717, 1.165) is 12.0 Å². The van der Waals surface area contributed by atoms with Crippen molar-refractivity contribution < 1.29 is 14.3 Å². The van der Waals surface area contributed by atoms with E-state index >= 15 is 0 Å². The molecule has 0 radical (unpaired) electrons. The minimum absolute atomic E-state index is 0.214. The highest BCUT2D eigenvalue weighted by atomic mass is 16.6. The molecule has 2 aromatic rings. The molecule has 2 heterocycles. The van der Waals surface area contributed by atoms with E-state index in [-0.39, 0.29) is 12.0 Å². The molecule has 3 N–H and O–H groups in total. The van der Waals surface area contributed by atoms with E-state index in [1.165, 1.54) is 6.33 Å². The largest absolute Gasteiger partial charge is 0.449 e. The van der Waals surface area contributed by atoms with Gasteiger partial charge in [-0.25, -0.2) is 14.8 Å². The van der Waals surface area contributed by atoms with Crippen LogP contribution in [0.15, 0.2) is 36.7 Å². The number of nitrogens with zero attached hydrogens (tertiary/aromatic N) is 3. The van der Waals surface area contributed by atoms with Crippen LogP contribution in [0.3, 0.4) is 0 Å². The summed E-state index contributed by atoms with van der Waals surface area (Å²) in [6.07, 6.45) is 1.86. The number of carbonyl (C=O) groups is 2. The highest BCUT2D eigenvalue weighted by Gasteiger charge is 2.19. The lowest BCUT2D eigenvalue weighted by molar-refractivity contribution is 0.0719. The van der Waals surface area contributed by atoms with Crippen LogP contribution in [0.2, 0.25) is 0 Å². The summed E-state index contributed by atoms with van der Waals surface area (Å²) in [4.78, 5) is 33.5. The molecule has 1 fully saturated rings. The lowest BCUT2D eigenvalue weighted by Crippen LogP contribution is -2.42. The maximum atomic E-state index is 12.3. The fourth-order valence-corrected chi connectivity index (χ4v) is 2.56. The maximum absolute atomic E-state index is 12.3. The molecule has 2 amide bonds. The van der Waals surface area contributed by atoms with Crippen molar-refractivity contribution in [3.05, 3.63) is 42.2 Å². The summed E-state index contributed by atoms with van der Waals surface area (Å²) in [6, 6.07) is 8.75. The first-order chi connectivity index (χ1) is 12.1. The molecule has 1 aliphatic heterocycles. The number of hydrogen-bond donors (Lipinski definition) is 2. The first kappa shape index (κ1) is 16.7. The summed E-state index contributed by atoms with van der Waals surface area (Å²) in [6.45, 7) is 1.90. The van der Waals surface area contributed by atoms with Crippen LogP contribution in [0, 0.1) is 0 Å². The van der Waals surface area contributed by atoms with Gasteiger partial charge in [0.25, 0.3) is 5.91 Å². The Kier molecular flexibility index (Phi) is 5.08. The Hall–Kier alpha value is -3.16. The number of cyclic esters (lactones) is 1. The zero-order valence-electron chi connectivity index (χ0n) is 13.6. The van der Waals surface area contributed by atoms with E-state index in [9.17, 15) is 9.59 Å². The van der Waals surface area contributed by atoms with E-state index in [4.69, 9.17) is 10.5 Å². The predicted octanol–water partition coefficient (Wildman–Crippen LogP) is 1.30. The first-order valence-corrected chi connectivity index (χ1v) is 8.01. The Balaban J connectivity index is 1.60. The van der Waals surface area contributed by atoms with Gasteiger partial charge in [0, 0.05) is 36.8 Å². The number of hydrogen-bond acceptors (Lipinski definition) is 6. The number of nitrogen functional groups attached to an aromatic ring is 1. The van der Waals surface area contributed by atoms with Crippen LogP contribution in [0.1, 0.15) is 16.8 Å². The van der Waals surface area contributed by atoms with Gasteiger partial charge in [0.15, 0.2) is 0 Å². The number of rotatable bonds is 5. The van der Waals surface area contributed by atoms with Gasteiger partial charge >= 0.3 is 6.09 Å². The molecule has 0 unspecified atom stereocenters. The molecular formula is C17H19N5O3. The zero-order chi connectivity index (χ0) is 17.6. The predicted molar refractivity (Wildman–Crippen MR) is 91.8 cm³/mol. The Morgan fingerprint density at radius 1 is 1.32 bits per heavy atom. The van der Waals surface area contributed by atoms with Gasteiger partial charge in [0.05, 0.1) is 12.3 Å². The number of nitrogens with one attached hydrogen (secondary N) is 1. The number of nitrogens with two attached hydrogens (primary N) is 1. The third kappa shape index (κ3) is 4.23. The van der Waals surface area contributed by atoms with Gasteiger partial charge in [-0.2, -0.15) is 0 Å². The van der Waals surface area contributed by atoms with Gasteiger partial charge in [0.2, 0.25) is 0 Å². The molecule has 0 bridgehead atoms. The summed E-state index contributed by atoms with van der Waals surface area (Å²) in [5.74, 6) is 0.155. The molecule has 0 atom stereocenters. The molecule has 8 nitrogen and oxygen atoms in total. The van der Waals surface area contributed by atoms with Crippen LogP contribution in [0.4, 0.5) is 10.6 Å². The molecule has 8 heteroatoms. The van der Waals surface area contributed by atoms with Crippen LogP contribution >= 0.6 is 0 Å². The summed E-state index contributed by atoms with van der Waals surface area (Å²) < 4.78 is 4.96. The molecule has 130 valence electrons. The van der Waals surface area contributed by atoms with Gasteiger partial charge in [-0.05, 0) is 18.6 Å². The third-order valence-corrected chi connectivity index (χ3v) is 3.83. The maximum Gasteiger partial charge on any atom is 0.409 e. The molecular weight excluding hydrogens is 322 g/mol. The summed E-state index contributed by atoms with van der Waals surface area (Å²) in [5.41, 5.74) is 7.61. The standard InChI is InChI=1S/C17H19N5O3/c18-15-10-14(20-11-21-15)12-3-1-4-13(9-12)16(23)19-5-7-22-6-2-8-25-17(22)24/h1,3-4,9-11H,2,5-8H2,(H,19,23)(H2,18,20,21). The number of benzene rings is 1. The summed E-state index contributed by atoms with van der Waals surface area (Å²) in [5, 5.41) is 2.81. The lowest BCUT2D eigenvalue weighted by atomic mass is 10.1. The zero-order valence-corrected chi connectivity index (χ0v) is 13.6. The topological polar surface area (TPSA) is 110 Å². The Labute approximate surface area is 145 Å². The quantitative estimate of drug-likeness (QED) is 0.848. The van der Waals surface area contributed by atoms with E-state index in [0.29, 0.717) is 43.3 Å². The molecule has 3 rings (SSSR count). The van der Waals surface area contributed by atoms with Crippen molar-refractivity contribution in [3.8, 4) is 11.3 Å². The van der Waals surface area contributed by atoms with Crippen molar-refractivity contribution in [1.82, 2.24) is 20.2 Å². The number of ether oxygens (including phenoxy) is 1. The molecule has 1 saturated heterocycles. The van der Waals surface area contributed by atoms with Gasteiger partial charge in [-0.1, -0.05) is 12.1 Å². The summed E-state index contributed by atoms with van der Waals surface area (Å²) >= 11 is 0. The second kappa shape index (κ2) is 7.61. The average Bonchev–Trinajstić information content (AvgIpc) is 2.63. The van der Waals surface area contributed by atoms with Crippen molar-refractivity contribution in [2.45, 2.75) is 6.42 Å². The lowest BCUT2D eigenvalue weighted by Gasteiger charge is -2.26. The third-order valence-electron chi connectivity index (χ3n) is 3.83. The monoisotopic (exact) mass is 341 g/mol. The van der Waals surface area contributed by atoms with Crippen LogP contribution in [0.25, 0.3) is 11.3 Å². The van der Waals surface area contributed by atoms with Crippen molar-refractivity contribution >= 4 is 17.8 Å². The van der Waals surface area contributed by atoms with Crippen molar-refractivity contribution in [2.24, 2.45) is 0 Å².